The van der Waals surface area contributed by atoms with Crippen molar-refractivity contribution in [2.45, 2.75) is 30.0 Å². The van der Waals surface area contributed by atoms with E-state index >= 15 is 0 Å². The first-order valence-electron chi connectivity index (χ1n) is 10.4. The Morgan fingerprint density at radius 1 is 0.903 bits per heavy atom. The fraction of sp³-hybridized carbons (Fsp3) is 0.250. The standard InChI is InChI=1S/C24H25N3O3S/c1-16-10-12-17(13-11-16)31(29,30)26-20-14-25-15-23(24(20)28)27-21-8-4-2-6-18(21)19-7-3-5-9-22(19)27/h2-13,20,23-26,28H,14-15H2,1H3/t20-,23+,24+/m1/s1. The number of rotatable bonds is 4. The van der Waals surface area contributed by atoms with E-state index in [9.17, 15) is 13.5 Å². The Balaban J connectivity index is 1.51. The molecule has 7 heteroatoms. The maximum Gasteiger partial charge on any atom is 0.240 e. The van der Waals surface area contributed by atoms with Gasteiger partial charge in [0.15, 0.2) is 0 Å². The van der Waals surface area contributed by atoms with Gasteiger partial charge in [-0.05, 0) is 31.2 Å². The fourth-order valence-corrected chi connectivity index (χ4v) is 5.80. The van der Waals surface area contributed by atoms with Crippen LogP contribution < -0.4 is 10.0 Å². The van der Waals surface area contributed by atoms with Crippen LogP contribution in [0.15, 0.2) is 77.7 Å². The fourth-order valence-electron chi connectivity index (χ4n) is 4.55. The minimum Gasteiger partial charge on any atom is -0.389 e. The molecule has 0 bridgehead atoms. The first-order valence-corrected chi connectivity index (χ1v) is 11.9. The topological polar surface area (TPSA) is 83.4 Å². The minimum absolute atomic E-state index is 0.198. The van der Waals surface area contributed by atoms with E-state index in [-0.39, 0.29) is 10.9 Å². The van der Waals surface area contributed by atoms with Crippen LogP contribution >= 0.6 is 0 Å². The van der Waals surface area contributed by atoms with E-state index in [4.69, 9.17) is 0 Å². The minimum atomic E-state index is -3.75. The number of hydrogen-bond donors (Lipinski definition) is 3. The van der Waals surface area contributed by atoms with Gasteiger partial charge in [-0.25, -0.2) is 13.1 Å². The molecule has 3 aromatic carbocycles. The summed E-state index contributed by atoms with van der Waals surface area (Å²) in [5.74, 6) is 0. The van der Waals surface area contributed by atoms with E-state index in [0.717, 1.165) is 27.4 Å². The zero-order valence-electron chi connectivity index (χ0n) is 17.2. The number of aryl methyl sites for hydroxylation is 1. The van der Waals surface area contributed by atoms with Crippen molar-refractivity contribution in [1.82, 2.24) is 14.6 Å². The number of sulfonamides is 1. The van der Waals surface area contributed by atoms with Crippen LogP contribution in [0.25, 0.3) is 21.8 Å². The van der Waals surface area contributed by atoms with Crippen molar-refractivity contribution < 1.29 is 13.5 Å². The molecule has 160 valence electrons. The average molecular weight is 436 g/mol. The van der Waals surface area contributed by atoms with Crippen LogP contribution in [0.2, 0.25) is 0 Å². The maximum absolute atomic E-state index is 12.9. The van der Waals surface area contributed by atoms with E-state index in [1.165, 1.54) is 0 Å². The second-order valence-electron chi connectivity index (χ2n) is 8.16. The van der Waals surface area contributed by atoms with Crippen LogP contribution in [0.1, 0.15) is 11.6 Å². The Hall–Kier alpha value is -2.71. The van der Waals surface area contributed by atoms with E-state index in [2.05, 4.69) is 26.7 Å². The van der Waals surface area contributed by atoms with Gasteiger partial charge in [-0.1, -0.05) is 54.1 Å². The molecule has 0 spiro atoms. The third-order valence-corrected chi connectivity index (χ3v) is 7.62. The summed E-state index contributed by atoms with van der Waals surface area (Å²) in [6.45, 7) is 2.82. The summed E-state index contributed by atoms with van der Waals surface area (Å²) in [6, 6.07) is 22.0. The normalized spacial score (nSPS) is 22.2. The Labute approximate surface area is 181 Å². The van der Waals surface area contributed by atoms with Crippen LogP contribution in [0, 0.1) is 6.92 Å². The molecular weight excluding hydrogens is 410 g/mol. The molecule has 3 N–H and O–H groups in total. The van der Waals surface area contributed by atoms with E-state index in [1.54, 1.807) is 24.3 Å². The van der Waals surface area contributed by atoms with Crippen LogP contribution in [-0.2, 0) is 10.0 Å². The Morgan fingerprint density at radius 3 is 2.10 bits per heavy atom. The van der Waals surface area contributed by atoms with E-state index < -0.39 is 22.2 Å². The highest BCUT2D eigenvalue weighted by Crippen LogP contribution is 2.34. The van der Waals surface area contributed by atoms with E-state index in [1.807, 2.05) is 43.3 Å². The van der Waals surface area contributed by atoms with Gasteiger partial charge in [0.25, 0.3) is 0 Å². The first-order chi connectivity index (χ1) is 15.0. The summed E-state index contributed by atoms with van der Waals surface area (Å²) in [4.78, 5) is 0.198. The van der Waals surface area contributed by atoms with Crippen molar-refractivity contribution in [3.8, 4) is 0 Å². The van der Waals surface area contributed by atoms with Crippen molar-refractivity contribution in [3.05, 3.63) is 78.4 Å². The predicted molar refractivity (Wildman–Crippen MR) is 123 cm³/mol. The smallest absolute Gasteiger partial charge is 0.240 e. The molecule has 3 atom stereocenters. The third-order valence-electron chi connectivity index (χ3n) is 6.11. The highest BCUT2D eigenvalue weighted by atomic mass is 32.2. The first kappa shape index (κ1) is 20.2. The zero-order chi connectivity index (χ0) is 21.6. The molecule has 0 aliphatic carbocycles. The molecular formula is C24H25N3O3S. The van der Waals surface area contributed by atoms with Gasteiger partial charge < -0.3 is 15.0 Å². The number of nitrogens with one attached hydrogen (secondary N) is 2. The highest BCUT2D eigenvalue weighted by molar-refractivity contribution is 7.89. The SMILES string of the molecule is Cc1ccc(S(=O)(=O)N[C@@H]2CNC[C@H](n3c4ccccc4c4ccccc43)[C@H]2O)cc1. The van der Waals surface area contributed by atoms with Crippen LogP contribution in [0.3, 0.4) is 0 Å². The lowest BCUT2D eigenvalue weighted by molar-refractivity contribution is 0.0638. The summed E-state index contributed by atoms with van der Waals surface area (Å²) in [5, 5.41) is 16.8. The summed E-state index contributed by atoms with van der Waals surface area (Å²) in [5.41, 5.74) is 3.04. The largest absolute Gasteiger partial charge is 0.389 e. The van der Waals surface area contributed by atoms with Gasteiger partial charge in [0.1, 0.15) is 0 Å². The number of piperidine rings is 1. The molecule has 4 aromatic rings. The predicted octanol–water partition coefficient (Wildman–Crippen LogP) is 2.96. The van der Waals surface area contributed by atoms with Gasteiger partial charge >= 0.3 is 0 Å². The third kappa shape index (κ3) is 3.53. The number of para-hydroxylation sites is 2. The number of aromatic nitrogens is 1. The molecule has 0 amide bonds. The molecule has 1 aromatic heterocycles. The van der Waals surface area contributed by atoms with Crippen molar-refractivity contribution in [2.24, 2.45) is 0 Å². The summed E-state index contributed by atoms with van der Waals surface area (Å²) in [7, 11) is -3.75. The van der Waals surface area contributed by atoms with Crippen molar-refractivity contribution in [1.29, 1.82) is 0 Å². The molecule has 0 radical (unpaired) electrons. The molecule has 0 unspecified atom stereocenters. The number of aliphatic hydroxyl groups excluding tert-OH is 1. The van der Waals surface area contributed by atoms with E-state index in [0.29, 0.717) is 13.1 Å². The molecule has 1 saturated heterocycles. The second kappa shape index (κ2) is 7.76. The molecule has 1 aliphatic heterocycles. The molecule has 1 aliphatic rings. The van der Waals surface area contributed by atoms with Gasteiger partial charge in [-0.3, -0.25) is 0 Å². The number of benzene rings is 3. The van der Waals surface area contributed by atoms with Crippen LogP contribution in [0.4, 0.5) is 0 Å². The van der Waals surface area contributed by atoms with Crippen molar-refractivity contribution >= 4 is 31.8 Å². The van der Waals surface area contributed by atoms with Crippen LogP contribution in [0.5, 0.6) is 0 Å². The zero-order valence-corrected chi connectivity index (χ0v) is 18.0. The molecule has 1 fully saturated rings. The van der Waals surface area contributed by atoms with Crippen molar-refractivity contribution in [3.63, 3.8) is 0 Å². The Morgan fingerprint density at radius 2 is 1.48 bits per heavy atom. The summed E-state index contributed by atoms with van der Waals surface area (Å²) >= 11 is 0. The maximum atomic E-state index is 12.9. The summed E-state index contributed by atoms with van der Waals surface area (Å²) < 4.78 is 30.7. The lowest BCUT2D eigenvalue weighted by Crippen LogP contribution is -2.58. The summed E-state index contributed by atoms with van der Waals surface area (Å²) in [6.07, 6.45) is -0.888. The number of fused-ring (bicyclic) bond motifs is 3. The Kier molecular flexibility index (Phi) is 5.06. The van der Waals surface area contributed by atoms with Gasteiger partial charge in [-0.15, -0.1) is 0 Å². The lowest BCUT2D eigenvalue weighted by Gasteiger charge is -2.37. The monoisotopic (exact) mass is 435 g/mol. The molecule has 6 nitrogen and oxygen atoms in total. The van der Waals surface area contributed by atoms with Gasteiger partial charge in [0.05, 0.1) is 23.1 Å². The quantitative estimate of drug-likeness (QED) is 0.460. The van der Waals surface area contributed by atoms with Gasteiger partial charge in [-0.2, -0.15) is 0 Å². The average Bonchev–Trinajstić information content (AvgIpc) is 3.10. The van der Waals surface area contributed by atoms with Crippen molar-refractivity contribution in [2.75, 3.05) is 13.1 Å². The molecule has 31 heavy (non-hydrogen) atoms. The van der Waals surface area contributed by atoms with Gasteiger partial charge in [0.2, 0.25) is 10.0 Å². The molecule has 5 rings (SSSR count). The van der Waals surface area contributed by atoms with Gasteiger partial charge in [0, 0.05) is 34.9 Å². The second-order valence-corrected chi connectivity index (χ2v) is 9.88. The number of aliphatic hydroxyl groups is 1. The highest BCUT2D eigenvalue weighted by Gasteiger charge is 2.36. The number of nitrogens with zero attached hydrogens (tertiary/aromatic N) is 1. The van der Waals surface area contributed by atoms with Crippen LogP contribution in [-0.4, -0.2) is 43.3 Å². The molecule has 2 heterocycles. The molecule has 0 saturated carbocycles. The Bertz CT molecular complexity index is 1290. The number of hydrogen-bond acceptors (Lipinski definition) is 4. The lowest BCUT2D eigenvalue weighted by atomic mass is 9.99.